The van der Waals surface area contributed by atoms with Crippen LogP contribution in [0.1, 0.15) is 47.2 Å². The number of nitrogens with zero attached hydrogens (tertiary/aromatic N) is 3. The minimum Gasteiger partial charge on any atom is -0.346 e. The van der Waals surface area contributed by atoms with Crippen LogP contribution in [-0.4, -0.2) is 84.4 Å². The molecule has 1 spiro atoms. The molecule has 0 radical (unpaired) electrons. The molecule has 2 atom stereocenters. The predicted molar refractivity (Wildman–Crippen MR) is 171 cm³/mol. The first-order valence-corrected chi connectivity index (χ1v) is 16.0. The van der Waals surface area contributed by atoms with E-state index < -0.39 is 41.5 Å². The van der Waals surface area contributed by atoms with Crippen LogP contribution in [0.5, 0.6) is 0 Å². The van der Waals surface area contributed by atoms with Gasteiger partial charge in [0.2, 0.25) is 5.91 Å². The van der Waals surface area contributed by atoms with Crippen LogP contribution >= 0.6 is 23.2 Å². The maximum absolute atomic E-state index is 14.0. The fourth-order valence-electron chi connectivity index (χ4n) is 7.20. The van der Waals surface area contributed by atoms with Gasteiger partial charge in [-0.05, 0) is 48.9 Å². The Hall–Kier alpha value is -3.34. The van der Waals surface area contributed by atoms with E-state index in [1.54, 1.807) is 49.5 Å². The summed E-state index contributed by atoms with van der Waals surface area (Å²) in [4.78, 5) is 43.4. The Morgan fingerprint density at radius 2 is 1.65 bits per heavy atom. The Balaban J connectivity index is 1.46. The quantitative estimate of drug-likeness (QED) is 0.382. The van der Waals surface area contributed by atoms with Gasteiger partial charge in [-0.25, -0.2) is 0 Å². The summed E-state index contributed by atoms with van der Waals surface area (Å²) in [5, 5.41) is 3.79. The van der Waals surface area contributed by atoms with Crippen molar-refractivity contribution < 1.29 is 27.6 Å². The summed E-state index contributed by atoms with van der Waals surface area (Å²) in [6.07, 6.45) is 0.488. The summed E-state index contributed by atoms with van der Waals surface area (Å²) < 4.78 is 41.0. The number of carbonyl (C=O) groups is 3. The monoisotopic (exact) mass is 676 g/mol. The van der Waals surface area contributed by atoms with Gasteiger partial charge < -0.3 is 20.0 Å². The van der Waals surface area contributed by atoms with Crippen molar-refractivity contribution in [2.24, 2.45) is 5.92 Å². The first-order chi connectivity index (χ1) is 21.8. The number of carbonyl (C=O) groups excluding carboxylic acids is 3. The van der Waals surface area contributed by atoms with Gasteiger partial charge in [-0.3, -0.25) is 14.4 Å². The second-order valence-electron chi connectivity index (χ2n) is 12.5. The Morgan fingerprint density at radius 1 is 1.00 bits per heavy atom. The van der Waals surface area contributed by atoms with Crippen molar-refractivity contribution in [3.8, 4) is 0 Å². The van der Waals surface area contributed by atoms with Gasteiger partial charge in [-0.15, -0.1) is 0 Å². The van der Waals surface area contributed by atoms with E-state index in [0.717, 1.165) is 18.2 Å². The van der Waals surface area contributed by atoms with Crippen molar-refractivity contribution in [1.29, 1.82) is 0 Å². The minimum absolute atomic E-state index is 0.0164. The van der Waals surface area contributed by atoms with Crippen LogP contribution in [0.2, 0.25) is 0 Å². The number of hydrogen-bond acceptors (Lipinski definition) is 4. The third-order valence-corrected chi connectivity index (χ3v) is 10.5. The molecule has 2 heterocycles. The lowest BCUT2D eigenvalue weighted by atomic mass is 9.74. The number of halogens is 5. The number of nitrogens with one attached hydrogen (secondary N) is 1. The molecule has 12 heteroatoms. The largest absolute Gasteiger partial charge is 0.471 e. The highest BCUT2D eigenvalue weighted by Gasteiger charge is 2.50. The number of alkyl halides is 3. The highest BCUT2D eigenvalue weighted by atomic mass is 35.5. The highest BCUT2D eigenvalue weighted by molar-refractivity contribution is 6.44. The molecule has 1 fully saturated rings. The Morgan fingerprint density at radius 3 is 2.30 bits per heavy atom. The van der Waals surface area contributed by atoms with E-state index in [9.17, 15) is 27.6 Å². The predicted octanol–water partition coefficient (Wildman–Crippen LogP) is 5.84. The van der Waals surface area contributed by atoms with Gasteiger partial charge in [-0.2, -0.15) is 13.2 Å². The molecule has 0 saturated carbocycles. The molecular weight excluding hydrogens is 640 g/mol. The van der Waals surface area contributed by atoms with E-state index in [1.165, 1.54) is 4.90 Å². The molecular formula is C34H37Cl2F3N4O3. The van der Waals surface area contributed by atoms with Crippen molar-refractivity contribution >= 4 is 40.9 Å². The lowest BCUT2D eigenvalue weighted by molar-refractivity contribution is -0.185. The SMILES string of the molecule is CN(C[C@](CCN1CCC2(CC1)NC(=O)Cc1ccccc12)(C1C=C(Cl)C(Cl)=CC1)N(C)C(=O)c1ccccc1)C(=O)C(F)(F)F. The van der Waals surface area contributed by atoms with Gasteiger partial charge in [-0.1, -0.05) is 77.8 Å². The summed E-state index contributed by atoms with van der Waals surface area (Å²) >= 11 is 12.8. The van der Waals surface area contributed by atoms with Crippen molar-refractivity contribution in [1.82, 2.24) is 20.0 Å². The van der Waals surface area contributed by atoms with Gasteiger partial charge >= 0.3 is 12.1 Å². The molecule has 246 valence electrons. The molecule has 0 bridgehead atoms. The summed E-state index contributed by atoms with van der Waals surface area (Å²) in [7, 11) is 2.68. The summed E-state index contributed by atoms with van der Waals surface area (Å²) in [5.74, 6) is -2.96. The first-order valence-electron chi connectivity index (χ1n) is 15.3. The molecule has 2 aliphatic heterocycles. The molecule has 46 heavy (non-hydrogen) atoms. The Kier molecular flexibility index (Phi) is 9.92. The zero-order valence-electron chi connectivity index (χ0n) is 25.7. The van der Waals surface area contributed by atoms with Crippen LogP contribution in [0, 0.1) is 5.92 Å². The van der Waals surface area contributed by atoms with E-state index in [4.69, 9.17) is 23.2 Å². The van der Waals surface area contributed by atoms with Gasteiger partial charge in [0.05, 0.1) is 27.6 Å². The first kappa shape index (κ1) is 34.0. The smallest absolute Gasteiger partial charge is 0.346 e. The topological polar surface area (TPSA) is 73.0 Å². The minimum atomic E-state index is -5.09. The van der Waals surface area contributed by atoms with Crippen molar-refractivity contribution in [3.63, 3.8) is 0 Å². The number of fused-ring (bicyclic) bond motifs is 2. The summed E-state index contributed by atoms with van der Waals surface area (Å²) in [5.41, 5.74) is 0.724. The fourth-order valence-corrected chi connectivity index (χ4v) is 7.58. The second kappa shape index (κ2) is 13.4. The van der Waals surface area contributed by atoms with Gasteiger partial charge in [0.1, 0.15) is 0 Å². The molecule has 1 saturated heterocycles. The van der Waals surface area contributed by atoms with E-state index in [-0.39, 0.29) is 17.4 Å². The molecule has 7 nitrogen and oxygen atoms in total. The zero-order chi connectivity index (χ0) is 33.3. The molecule has 2 aromatic carbocycles. The summed E-state index contributed by atoms with van der Waals surface area (Å²) in [6.45, 7) is 1.26. The van der Waals surface area contributed by atoms with Crippen LogP contribution in [-0.2, 0) is 21.5 Å². The molecule has 5 rings (SSSR count). The second-order valence-corrected chi connectivity index (χ2v) is 13.3. The molecule has 3 aliphatic rings. The lowest BCUT2D eigenvalue weighted by Crippen LogP contribution is -2.63. The van der Waals surface area contributed by atoms with Gasteiger partial charge in [0.15, 0.2) is 0 Å². The number of allylic oxidation sites excluding steroid dienone is 3. The van der Waals surface area contributed by atoms with Crippen LogP contribution < -0.4 is 5.32 Å². The molecule has 2 aromatic rings. The Labute approximate surface area is 277 Å². The van der Waals surface area contributed by atoms with Gasteiger partial charge in [0, 0.05) is 51.8 Å². The maximum atomic E-state index is 14.0. The third kappa shape index (κ3) is 6.85. The molecule has 3 amide bonds. The van der Waals surface area contributed by atoms with Crippen LogP contribution in [0.3, 0.4) is 0 Å². The number of piperidine rings is 1. The fraction of sp³-hybridized carbons (Fsp3) is 0.441. The standard InChI is InChI=1S/C34H37Cl2F3N4O3/c1-41(31(46)34(37,38)39)22-33(25-12-13-27(35)28(36)21-25,42(2)30(45)23-8-4-3-5-9-23)16-19-43-17-14-32(15-18-43)26-11-7-6-10-24(26)20-29(44)40-32/h3-11,13,21,25H,12,14-20,22H2,1-2H3,(H,40,44)/t25?,33-/m1/s1. The van der Waals surface area contributed by atoms with E-state index in [1.807, 2.05) is 18.2 Å². The molecule has 1 aliphatic carbocycles. The molecule has 1 unspecified atom stereocenters. The van der Waals surface area contributed by atoms with Gasteiger partial charge in [0.25, 0.3) is 5.91 Å². The third-order valence-electron chi connectivity index (χ3n) is 9.74. The average Bonchev–Trinajstić information content (AvgIpc) is 3.04. The zero-order valence-corrected chi connectivity index (χ0v) is 27.3. The number of amides is 3. The lowest BCUT2D eigenvalue weighted by Gasteiger charge is -2.50. The molecule has 1 N–H and O–H groups in total. The molecule has 0 aromatic heterocycles. The normalized spacial score (nSPS) is 20.9. The highest BCUT2D eigenvalue weighted by Crippen LogP contribution is 2.42. The van der Waals surface area contributed by atoms with Crippen molar-refractivity contribution in [3.05, 3.63) is 93.5 Å². The van der Waals surface area contributed by atoms with Crippen molar-refractivity contribution in [2.75, 3.05) is 40.3 Å². The maximum Gasteiger partial charge on any atom is 0.471 e. The number of likely N-dealkylation sites (N-methyl/N-ethyl adjacent to an activating group) is 2. The number of rotatable bonds is 8. The average molecular weight is 678 g/mol. The van der Waals surface area contributed by atoms with Crippen LogP contribution in [0.25, 0.3) is 0 Å². The van der Waals surface area contributed by atoms with E-state index >= 15 is 0 Å². The van der Waals surface area contributed by atoms with Crippen LogP contribution in [0.4, 0.5) is 13.2 Å². The Bertz CT molecular complexity index is 1540. The number of benzene rings is 2. The van der Waals surface area contributed by atoms with Crippen molar-refractivity contribution in [2.45, 2.75) is 49.4 Å². The van der Waals surface area contributed by atoms with Crippen LogP contribution in [0.15, 0.2) is 76.8 Å². The summed E-state index contributed by atoms with van der Waals surface area (Å²) in [6, 6.07) is 16.4. The number of hydrogen-bond donors (Lipinski definition) is 1. The van der Waals surface area contributed by atoms with E-state index in [2.05, 4.69) is 16.3 Å². The number of likely N-dealkylation sites (tertiary alicyclic amines) is 1. The van der Waals surface area contributed by atoms with E-state index in [0.29, 0.717) is 60.8 Å².